The Bertz CT molecular complexity index is 483. The van der Waals surface area contributed by atoms with Crippen molar-refractivity contribution < 1.29 is 4.79 Å². The average molecular weight is 295 g/mol. The number of nitrogens with one attached hydrogen (secondary N) is 2. The highest BCUT2D eigenvalue weighted by Gasteiger charge is 2.37. The third-order valence-electron chi connectivity index (χ3n) is 4.60. The van der Waals surface area contributed by atoms with E-state index in [-0.39, 0.29) is 23.7 Å². The number of hydrogen-bond acceptors (Lipinski definition) is 2. The summed E-state index contributed by atoms with van der Waals surface area (Å²) < 4.78 is 0. The summed E-state index contributed by atoms with van der Waals surface area (Å²) in [6, 6.07) is 8.89. The number of benzene rings is 1. The summed E-state index contributed by atoms with van der Waals surface area (Å²) in [4.78, 5) is 12.4. The maximum absolute atomic E-state index is 12.4. The Labute approximate surface area is 126 Å². The third-order valence-corrected chi connectivity index (χ3v) is 4.60. The quantitative estimate of drug-likeness (QED) is 0.877. The van der Waals surface area contributed by atoms with Gasteiger partial charge in [0.1, 0.15) is 0 Å². The van der Waals surface area contributed by atoms with E-state index in [9.17, 15) is 4.79 Å². The predicted octanol–water partition coefficient (Wildman–Crippen LogP) is 2.08. The largest absolute Gasteiger partial charge is 0.353 e. The molecule has 1 amide bonds. The Balaban J connectivity index is 0.00000147. The van der Waals surface area contributed by atoms with E-state index in [1.807, 2.05) is 0 Å². The Morgan fingerprint density at radius 3 is 2.80 bits per heavy atom. The number of fused-ring (bicyclic) bond motifs is 1. The molecule has 1 aromatic rings. The van der Waals surface area contributed by atoms with E-state index in [0.717, 1.165) is 38.8 Å². The van der Waals surface area contributed by atoms with Gasteiger partial charge in [-0.1, -0.05) is 24.3 Å². The van der Waals surface area contributed by atoms with Gasteiger partial charge in [0.25, 0.3) is 0 Å². The number of rotatable bonds is 2. The van der Waals surface area contributed by atoms with E-state index < -0.39 is 0 Å². The van der Waals surface area contributed by atoms with Crippen LogP contribution in [0.1, 0.15) is 30.9 Å². The van der Waals surface area contributed by atoms with Crippen LogP contribution < -0.4 is 10.6 Å². The van der Waals surface area contributed by atoms with Crippen molar-refractivity contribution in [3.8, 4) is 0 Å². The highest BCUT2D eigenvalue weighted by atomic mass is 35.5. The van der Waals surface area contributed by atoms with Crippen molar-refractivity contribution in [3.05, 3.63) is 35.4 Å². The lowest BCUT2D eigenvalue weighted by molar-refractivity contribution is -0.130. The van der Waals surface area contributed by atoms with Crippen molar-refractivity contribution in [1.82, 2.24) is 10.6 Å². The molecule has 2 unspecified atom stereocenters. The lowest BCUT2D eigenvalue weighted by Gasteiger charge is -2.29. The van der Waals surface area contributed by atoms with E-state index in [0.29, 0.717) is 6.04 Å². The first-order chi connectivity index (χ1) is 9.17. The monoisotopic (exact) mass is 294 g/mol. The number of carbonyl (C=O) groups excluding carboxylic acids is 1. The van der Waals surface area contributed by atoms with E-state index in [2.05, 4.69) is 41.8 Å². The number of carbonyl (C=O) groups is 1. The van der Waals surface area contributed by atoms with Crippen molar-refractivity contribution in [2.24, 2.45) is 5.41 Å². The van der Waals surface area contributed by atoms with E-state index in [1.165, 1.54) is 11.1 Å². The van der Waals surface area contributed by atoms with Gasteiger partial charge in [-0.3, -0.25) is 4.79 Å². The first kappa shape index (κ1) is 15.3. The zero-order valence-corrected chi connectivity index (χ0v) is 12.8. The minimum Gasteiger partial charge on any atom is -0.353 e. The van der Waals surface area contributed by atoms with Gasteiger partial charge in [-0.2, -0.15) is 0 Å². The highest BCUT2D eigenvalue weighted by Crippen LogP contribution is 2.26. The van der Waals surface area contributed by atoms with Gasteiger partial charge < -0.3 is 10.6 Å². The summed E-state index contributed by atoms with van der Waals surface area (Å²) in [7, 11) is 0. The molecule has 1 saturated heterocycles. The first-order valence-electron chi connectivity index (χ1n) is 7.26. The van der Waals surface area contributed by atoms with Crippen molar-refractivity contribution >= 4 is 18.3 Å². The maximum Gasteiger partial charge on any atom is 0.227 e. The van der Waals surface area contributed by atoms with E-state index in [4.69, 9.17) is 0 Å². The SMILES string of the molecule is CC1(C(=O)NC2CCc3ccccc3C2)CCNC1.Cl. The highest BCUT2D eigenvalue weighted by molar-refractivity contribution is 5.85. The molecule has 3 nitrogen and oxygen atoms in total. The van der Waals surface area contributed by atoms with Crippen LogP contribution in [0.2, 0.25) is 0 Å². The van der Waals surface area contributed by atoms with Crippen molar-refractivity contribution in [2.75, 3.05) is 13.1 Å². The maximum atomic E-state index is 12.4. The Hall–Kier alpha value is -1.06. The van der Waals surface area contributed by atoms with Crippen molar-refractivity contribution in [2.45, 2.75) is 38.6 Å². The summed E-state index contributed by atoms with van der Waals surface area (Å²) in [5.74, 6) is 0.224. The molecular weight excluding hydrogens is 272 g/mol. The topological polar surface area (TPSA) is 41.1 Å². The van der Waals surface area contributed by atoms with Gasteiger partial charge in [-0.15, -0.1) is 12.4 Å². The summed E-state index contributed by atoms with van der Waals surface area (Å²) >= 11 is 0. The van der Waals surface area contributed by atoms with Gasteiger partial charge in [0.2, 0.25) is 5.91 Å². The van der Waals surface area contributed by atoms with Crippen molar-refractivity contribution in [3.63, 3.8) is 0 Å². The molecule has 1 fully saturated rings. The van der Waals surface area contributed by atoms with Gasteiger partial charge in [0.05, 0.1) is 5.41 Å². The molecule has 1 heterocycles. The van der Waals surface area contributed by atoms with Crippen LogP contribution in [0.15, 0.2) is 24.3 Å². The number of halogens is 1. The fourth-order valence-corrected chi connectivity index (χ4v) is 3.19. The van der Waals surface area contributed by atoms with Gasteiger partial charge >= 0.3 is 0 Å². The van der Waals surface area contributed by atoms with Crippen LogP contribution in [-0.4, -0.2) is 25.0 Å². The molecule has 0 bridgehead atoms. The van der Waals surface area contributed by atoms with Crippen LogP contribution in [0.5, 0.6) is 0 Å². The standard InChI is InChI=1S/C16H22N2O.ClH/c1-16(8-9-17-11-16)15(19)18-14-7-6-12-4-2-3-5-13(12)10-14;/h2-5,14,17H,6-11H2,1H3,(H,18,19);1H. The normalized spacial score (nSPS) is 28.4. The van der Waals surface area contributed by atoms with Gasteiger partial charge in [0, 0.05) is 12.6 Å². The number of hydrogen-bond donors (Lipinski definition) is 2. The Morgan fingerprint density at radius 1 is 1.35 bits per heavy atom. The summed E-state index contributed by atoms with van der Waals surface area (Å²) in [5, 5.41) is 6.55. The molecule has 110 valence electrons. The summed E-state index contributed by atoms with van der Waals surface area (Å²) in [6.07, 6.45) is 4.07. The molecule has 1 aliphatic heterocycles. The second-order valence-corrected chi connectivity index (χ2v) is 6.17. The van der Waals surface area contributed by atoms with Gasteiger partial charge in [-0.25, -0.2) is 0 Å². The second-order valence-electron chi connectivity index (χ2n) is 6.17. The molecule has 1 aliphatic carbocycles. The summed E-state index contributed by atoms with van der Waals surface area (Å²) in [6.45, 7) is 3.83. The minimum absolute atomic E-state index is 0. The second kappa shape index (κ2) is 6.15. The van der Waals surface area contributed by atoms with Crippen LogP contribution in [0.4, 0.5) is 0 Å². The molecule has 2 atom stereocenters. The Morgan fingerprint density at radius 2 is 2.10 bits per heavy atom. The summed E-state index contributed by atoms with van der Waals surface area (Å²) in [5.41, 5.74) is 2.63. The molecule has 20 heavy (non-hydrogen) atoms. The van der Waals surface area contributed by atoms with Crippen molar-refractivity contribution in [1.29, 1.82) is 0 Å². The van der Waals surface area contributed by atoms with Crippen LogP contribution in [-0.2, 0) is 17.6 Å². The Kier molecular flexibility index (Phi) is 4.71. The molecule has 4 heteroatoms. The van der Waals surface area contributed by atoms with E-state index in [1.54, 1.807) is 0 Å². The molecular formula is C16H23ClN2O. The van der Waals surface area contributed by atoms with Crippen LogP contribution >= 0.6 is 12.4 Å². The molecule has 0 radical (unpaired) electrons. The van der Waals surface area contributed by atoms with Crippen LogP contribution in [0, 0.1) is 5.41 Å². The molecule has 1 aromatic carbocycles. The fourth-order valence-electron chi connectivity index (χ4n) is 3.19. The number of aryl methyl sites for hydroxylation is 1. The average Bonchev–Trinajstić information content (AvgIpc) is 2.87. The lowest BCUT2D eigenvalue weighted by atomic mass is 9.85. The zero-order chi connectivity index (χ0) is 13.3. The molecule has 3 rings (SSSR count). The first-order valence-corrected chi connectivity index (χ1v) is 7.26. The molecule has 0 saturated carbocycles. The molecule has 0 spiro atoms. The fraction of sp³-hybridized carbons (Fsp3) is 0.562. The predicted molar refractivity (Wildman–Crippen MR) is 83.2 cm³/mol. The number of amides is 1. The van der Waals surface area contributed by atoms with Crippen LogP contribution in [0.3, 0.4) is 0 Å². The van der Waals surface area contributed by atoms with Crippen LogP contribution in [0.25, 0.3) is 0 Å². The molecule has 2 aliphatic rings. The van der Waals surface area contributed by atoms with Gasteiger partial charge in [0.15, 0.2) is 0 Å². The lowest BCUT2D eigenvalue weighted by Crippen LogP contribution is -2.47. The third kappa shape index (κ3) is 2.99. The molecule has 2 N–H and O–H groups in total. The van der Waals surface area contributed by atoms with Gasteiger partial charge in [-0.05, 0) is 50.3 Å². The smallest absolute Gasteiger partial charge is 0.227 e. The minimum atomic E-state index is -0.211. The van der Waals surface area contributed by atoms with E-state index >= 15 is 0 Å². The molecule has 0 aromatic heterocycles. The zero-order valence-electron chi connectivity index (χ0n) is 11.9.